The number of amides is 1. The number of aliphatic carboxylic acids is 1. The number of benzene rings is 1. The Hall–Kier alpha value is -1.14. The van der Waals surface area contributed by atoms with Crippen molar-refractivity contribution in [3.63, 3.8) is 0 Å². The van der Waals surface area contributed by atoms with Crippen LogP contribution in [0.4, 0.5) is 0 Å². The lowest BCUT2D eigenvalue weighted by Crippen LogP contribution is -2.44. The van der Waals surface area contributed by atoms with Crippen molar-refractivity contribution in [2.24, 2.45) is 5.92 Å². The van der Waals surface area contributed by atoms with E-state index in [9.17, 15) is 9.59 Å². The lowest BCUT2D eigenvalue weighted by molar-refractivity contribution is -0.140. The third kappa shape index (κ3) is 4.17. The van der Waals surface area contributed by atoms with Crippen molar-refractivity contribution in [1.29, 1.82) is 0 Å². The summed E-state index contributed by atoms with van der Waals surface area (Å²) >= 11 is 3.83. The molecule has 1 heterocycles. The van der Waals surface area contributed by atoms with Crippen LogP contribution in [0, 0.1) is 5.92 Å². The average Bonchev–Trinajstić information content (AvgIpc) is 2.98. The number of carbonyl (C=O) groups is 2. The number of carboxylic acids is 1. The van der Waals surface area contributed by atoms with E-state index < -0.39 is 12.0 Å². The van der Waals surface area contributed by atoms with Crippen LogP contribution >= 0.6 is 23.5 Å². The average molecular weight is 325 g/mol. The van der Waals surface area contributed by atoms with Crippen LogP contribution in [-0.2, 0) is 4.79 Å². The van der Waals surface area contributed by atoms with Crippen LogP contribution in [0.1, 0.15) is 34.4 Å². The maximum atomic E-state index is 12.1. The molecule has 0 radical (unpaired) electrons. The largest absolute Gasteiger partial charge is 0.480 e. The van der Waals surface area contributed by atoms with E-state index >= 15 is 0 Å². The summed E-state index contributed by atoms with van der Waals surface area (Å²) in [6.45, 7) is 3.55. The summed E-state index contributed by atoms with van der Waals surface area (Å²) in [4.78, 5) is 23.2. The van der Waals surface area contributed by atoms with Gasteiger partial charge in [-0.05, 0) is 23.6 Å². The first kappa shape index (κ1) is 16.2. The number of rotatable bonds is 5. The van der Waals surface area contributed by atoms with E-state index in [0.717, 1.165) is 11.5 Å². The standard InChI is InChI=1S/C15H19NO3S2/c1-9(2)12(14(18)19)16-13(17)10-3-5-11(6-4-10)15-20-7-8-21-15/h3-6,9,12,15H,7-8H2,1-2H3,(H,16,17)(H,18,19)/t12-/m0/s1. The molecular formula is C15H19NO3S2. The monoisotopic (exact) mass is 325 g/mol. The van der Waals surface area contributed by atoms with Gasteiger partial charge in [-0.25, -0.2) is 4.79 Å². The highest BCUT2D eigenvalue weighted by atomic mass is 32.2. The normalized spacial score (nSPS) is 16.9. The zero-order chi connectivity index (χ0) is 15.4. The smallest absolute Gasteiger partial charge is 0.326 e. The lowest BCUT2D eigenvalue weighted by Gasteiger charge is -2.18. The highest BCUT2D eigenvalue weighted by Crippen LogP contribution is 2.45. The number of hydrogen-bond acceptors (Lipinski definition) is 4. The van der Waals surface area contributed by atoms with Crippen LogP contribution in [0.25, 0.3) is 0 Å². The van der Waals surface area contributed by atoms with Gasteiger partial charge in [-0.15, -0.1) is 23.5 Å². The van der Waals surface area contributed by atoms with Crippen LogP contribution in [-0.4, -0.2) is 34.5 Å². The zero-order valence-corrected chi connectivity index (χ0v) is 13.7. The molecule has 1 aromatic carbocycles. The Labute approximate surface area is 133 Å². The lowest BCUT2D eigenvalue weighted by atomic mass is 10.0. The first-order valence-corrected chi connectivity index (χ1v) is 8.95. The quantitative estimate of drug-likeness (QED) is 0.871. The summed E-state index contributed by atoms with van der Waals surface area (Å²) < 4.78 is 0.449. The molecular weight excluding hydrogens is 306 g/mol. The maximum absolute atomic E-state index is 12.1. The van der Waals surface area contributed by atoms with Crippen LogP contribution in [0.5, 0.6) is 0 Å². The fourth-order valence-corrected chi connectivity index (χ4v) is 4.94. The van der Waals surface area contributed by atoms with E-state index in [1.54, 1.807) is 26.0 Å². The molecule has 0 spiro atoms. The van der Waals surface area contributed by atoms with Crippen LogP contribution < -0.4 is 5.32 Å². The van der Waals surface area contributed by atoms with Gasteiger partial charge in [-0.2, -0.15) is 0 Å². The Balaban J connectivity index is 2.03. The molecule has 2 N–H and O–H groups in total. The molecule has 1 fully saturated rings. The molecule has 6 heteroatoms. The Morgan fingerprint density at radius 2 is 1.76 bits per heavy atom. The van der Waals surface area contributed by atoms with Gasteiger partial charge in [0.25, 0.3) is 5.91 Å². The van der Waals surface area contributed by atoms with Crippen molar-refractivity contribution in [2.45, 2.75) is 24.5 Å². The maximum Gasteiger partial charge on any atom is 0.326 e. The fourth-order valence-electron chi connectivity index (χ4n) is 2.08. The topological polar surface area (TPSA) is 66.4 Å². The predicted octanol–water partition coefficient (Wildman–Crippen LogP) is 3.00. The summed E-state index contributed by atoms with van der Waals surface area (Å²) in [6, 6.07) is 6.58. The minimum absolute atomic E-state index is 0.156. The van der Waals surface area contributed by atoms with E-state index in [1.165, 1.54) is 5.56 Å². The van der Waals surface area contributed by atoms with Gasteiger partial charge in [0.2, 0.25) is 0 Å². The second kappa shape index (κ2) is 7.22. The van der Waals surface area contributed by atoms with Crippen molar-refractivity contribution in [3.8, 4) is 0 Å². The van der Waals surface area contributed by atoms with Crippen LogP contribution in [0.3, 0.4) is 0 Å². The second-order valence-corrected chi connectivity index (χ2v) is 7.95. The predicted molar refractivity (Wildman–Crippen MR) is 87.8 cm³/mol. The Kier molecular flexibility index (Phi) is 5.58. The third-order valence-corrected chi connectivity index (χ3v) is 6.39. The Morgan fingerprint density at radius 3 is 2.24 bits per heavy atom. The van der Waals surface area contributed by atoms with E-state index in [-0.39, 0.29) is 11.8 Å². The number of carbonyl (C=O) groups excluding carboxylic acids is 1. The summed E-state index contributed by atoms with van der Waals surface area (Å²) in [5.74, 6) is 0.818. The molecule has 21 heavy (non-hydrogen) atoms. The minimum atomic E-state index is -1.01. The van der Waals surface area contributed by atoms with Crippen LogP contribution in [0.15, 0.2) is 24.3 Å². The van der Waals surface area contributed by atoms with Gasteiger partial charge < -0.3 is 10.4 Å². The summed E-state index contributed by atoms with van der Waals surface area (Å²) in [7, 11) is 0. The molecule has 0 bridgehead atoms. The van der Waals surface area contributed by atoms with E-state index in [2.05, 4.69) is 5.32 Å². The Morgan fingerprint density at radius 1 is 1.19 bits per heavy atom. The number of carboxylic acid groups (broad SMARTS) is 1. The third-order valence-electron chi connectivity index (χ3n) is 3.29. The number of nitrogens with one attached hydrogen (secondary N) is 1. The Bertz CT molecular complexity index is 510. The van der Waals surface area contributed by atoms with Crippen LogP contribution in [0.2, 0.25) is 0 Å². The van der Waals surface area contributed by atoms with Crippen molar-refractivity contribution < 1.29 is 14.7 Å². The number of thioether (sulfide) groups is 2. The zero-order valence-electron chi connectivity index (χ0n) is 12.0. The van der Waals surface area contributed by atoms with Crippen molar-refractivity contribution >= 4 is 35.4 Å². The molecule has 0 unspecified atom stereocenters. The molecule has 0 aromatic heterocycles. The van der Waals surface area contributed by atoms with E-state index in [1.807, 2.05) is 35.7 Å². The minimum Gasteiger partial charge on any atom is -0.480 e. The first-order valence-electron chi connectivity index (χ1n) is 6.86. The molecule has 2 rings (SSSR count). The molecule has 4 nitrogen and oxygen atoms in total. The molecule has 1 amide bonds. The molecule has 1 aliphatic rings. The summed E-state index contributed by atoms with van der Waals surface area (Å²) in [5.41, 5.74) is 1.70. The van der Waals surface area contributed by atoms with Crippen molar-refractivity contribution in [3.05, 3.63) is 35.4 Å². The molecule has 0 saturated carbocycles. The molecule has 1 aromatic rings. The van der Waals surface area contributed by atoms with Gasteiger partial charge in [-0.3, -0.25) is 4.79 Å². The fraction of sp³-hybridized carbons (Fsp3) is 0.467. The van der Waals surface area contributed by atoms with Gasteiger partial charge in [-0.1, -0.05) is 26.0 Å². The van der Waals surface area contributed by atoms with Gasteiger partial charge >= 0.3 is 5.97 Å². The molecule has 114 valence electrons. The summed E-state index contributed by atoms with van der Waals surface area (Å²) in [6.07, 6.45) is 0. The van der Waals surface area contributed by atoms with Gasteiger partial charge in [0, 0.05) is 17.1 Å². The first-order chi connectivity index (χ1) is 9.99. The molecule has 1 saturated heterocycles. The molecule has 1 aliphatic heterocycles. The van der Waals surface area contributed by atoms with Crippen molar-refractivity contribution in [2.75, 3.05) is 11.5 Å². The van der Waals surface area contributed by atoms with Crippen molar-refractivity contribution in [1.82, 2.24) is 5.32 Å². The van der Waals surface area contributed by atoms with E-state index in [0.29, 0.717) is 10.1 Å². The van der Waals surface area contributed by atoms with E-state index in [4.69, 9.17) is 5.11 Å². The van der Waals surface area contributed by atoms with Gasteiger partial charge in [0.15, 0.2) is 0 Å². The van der Waals surface area contributed by atoms with Gasteiger partial charge in [0.1, 0.15) is 6.04 Å². The second-order valence-electron chi connectivity index (χ2n) is 5.23. The molecule has 0 aliphatic carbocycles. The summed E-state index contributed by atoms with van der Waals surface area (Å²) in [5, 5.41) is 11.7. The SMILES string of the molecule is CC(C)[C@H](NC(=O)c1ccc(C2SCCS2)cc1)C(=O)O. The highest BCUT2D eigenvalue weighted by Gasteiger charge is 2.24. The van der Waals surface area contributed by atoms with Gasteiger partial charge in [0.05, 0.1) is 4.58 Å². The highest BCUT2D eigenvalue weighted by molar-refractivity contribution is 8.19. The molecule has 1 atom stereocenters. The number of hydrogen-bond donors (Lipinski definition) is 2.